The van der Waals surface area contributed by atoms with Gasteiger partial charge in [0.2, 0.25) is 5.91 Å². The molecule has 1 heterocycles. The van der Waals surface area contributed by atoms with Crippen LogP contribution in [-0.2, 0) is 49.8 Å². The van der Waals surface area contributed by atoms with Crippen LogP contribution in [0.3, 0.4) is 0 Å². The van der Waals surface area contributed by atoms with Crippen LogP contribution in [0.25, 0.3) is 0 Å². The Morgan fingerprint density at radius 2 is 1.34 bits per heavy atom. The van der Waals surface area contributed by atoms with Gasteiger partial charge in [0.05, 0.1) is 55.5 Å². The molecule has 0 atom stereocenters. The van der Waals surface area contributed by atoms with Crippen LogP contribution in [0.1, 0.15) is 50.0 Å². The van der Waals surface area contributed by atoms with E-state index in [9.17, 15) is 32.7 Å². The average molecular weight is 725 g/mol. The van der Waals surface area contributed by atoms with Crippen LogP contribution in [0.5, 0.6) is 0 Å². The van der Waals surface area contributed by atoms with Gasteiger partial charge in [0.25, 0.3) is 15.9 Å². The summed E-state index contributed by atoms with van der Waals surface area (Å²) in [4.78, 5) is 50.1. The molecule has 0 radical (unpaired) electrons. The van der Waals surface area contributed by atoms with Crippen molar-refractivity contribution in [2.75, 3.05) is 70.7 Å². The van der Waals surface area contributed by atoms with Gasteiger partial charge in [-0.05, 0) is 61.9 Å². The van der Waals surface area contributed by atoms with Crippen molar-refractivity contribution in [3.05, 3.63) is 53.7 Å². The Hall–Kier alpha value is -4.16. The van der Waals surface area contributed by atoms with E-state index in [-0.39, 0.29) is 86.9 Å². The van der Waals surface area contributed by atoms with Crippen LogP contribution >= 0.6 is 0 Å². The zero-order valence-electron chi connectivity index (χ0n) is 28.9. The lowest BCUT2D eigenvalue weighted by Crippen LogP contribution is -2.31. The second-order valence-corrected chi connectivity index (χ2v) is 14.4. The maximum absolute atomic E-state index is 12.9. The monoisotopic (exact) mass is 724 g/mol. The molecular weight excluding hydrogens is 676 g/mol. The molecule has 0 fully saturated rings. The largest absolute Gasteiger partial charge is 0.481 e. The standard InChI is InChI=1S/C33H48N4O12S/c1-32(2,23-33(3,4)31(42)43)19-24-5-8-26(9-6-24)50(44,45)37-27-10-7-25(20-36-27)30(41)35-12-14-47-15-17-48-21-28(38)34-11-13-46-16-18-49-22-29(39)40/h5-10,20H,11-19,21-23H2,1-4H3,(H,34,38)(H,35,41)(H,36,37)(H,39,40)(H,42,43). The van der Waals surface area contributed by atoms with E-state index in [0.29, 0.717) is 12.8 Å². The van der Waals surface area contributed by atoms with E-state index in [1.807, 2.05) is 13.8 Å². The highest BCUT2D eigenvalue weighted by molar-refractivity contribution is 7.92. The molecule has 2 rings (SSSR count). The molecule has 5 N–H and O–H groups in total. The lowest BCUT2D eigenvalue weighted by molar-refractivity contribution is -0.148. The maximum Gasteiger partial charge on any atom is 0.329 e. The normalized spacial score (nSPS) is 11.9. The van der Waals surface area contributed by atoms with Crippen molar-refractivity contribution in [2.24, 2.45) is 10.8 Å². The number of anilines is 1. The van der Waals surface area contributed by atoms with E-state index in [4.69, 9.17) is 24.1 Å². The molecule has 2 amide bonds. The second kappa shape index (κ2) is 20.5. The van der Waals surface area contributed by atoms with Gasteiger partial charge < -0.3 is 39.8 Å². The third kappa shape index (κ3) is 16.5. The van der Waals surface area contributed by atoms with Gasteiger partial charge in [0, 0.05) is 19.3 Å². The first kappa shape index (κ1) is 42.0. The van der Waals surface area contributed by atoms with Crippen molar-refractivity contribution in [3.8, 4) is 0 Å². The summed E-state index contributed by atoms with van der Waals surface area (Å²) in [7, 11) is -3.95. The van der Waals surface area contributed by atoms with E-state index >= 15 is 0 Å². The number of nitrogens with zero attached hydrogens (tertiary/aromatic N) is 1. The molecule has 0 saturated carbocycles. The fourth-order valence-corrected chi connectivity index (χ4v) is 5.88. The summed E-state index contributed by atoms with van der Waals surface area (Å²) in [5, 5.41) is 23.2. The lowest BCUT2D eigenvalue weighted by atomic mass is 9.72. The van der Waals surface area contributed by atoms with Gasteiger partial charge in [-0.2, -0.15) is 0 Å². The van der Waals surface area contributed by atoms with Crippen molar-refractivity contribution in [1.82, 2.24) is 15.6 Å². The Kier molecular flexibility index (Phi) is 17.2. The molecule has 16 nitrogen and oxygen atoms in total. The summed E-state index contributed by atoms with van der Waals surface area (Å²) in [5.41, 5.74) is -0.120. The minimum Gasteiger partial charge on any atom is -0.481 e. The smallest absolute Gasteiger partial charge is 0.329 e. The number of aromatic nitrogens is 1. The summed E-state index contributed by atoms with van der Waals surface area (Å²) >= 11 is 0. The molecule has 2 aromatic rings. The van der Waals surface area contributed by atoms with E-state index < -0.39 is 39.9 Å². The Bertz CT molecular complexity index is 1500. The van der Waals surface area contributed by atoms with Crippen molar-refractivity contribution in [1.29, 1.82) is 0 Å². The number of hydrogen-bond acceptors (Lipinski definition) is 11. The number of rotatable bonds is 25. The molecule has 17 heteroatoms. The minimum atomic E-state index is -3.95. The SMILES string of the molecule is CC(C)(Cc1ccc(S(=O)(=O)Nc2ccc(C(=O)NCCOCCOCC(=O)NCCOCCOCC(=O)O)cn2)cc1)CC(C)(C)C(=O)O. The summed E-state index contributed by atoms with van der Waals surface area (Å²) in [6.45, 7) is 8.38. The van der Waals surface area contributed by atoms with E-state index in [1.165, 1.54) is 30.5 Å². The Morgan fingerprint density at radius 1 is 0.760 bits per heavy atom. The Morgan fingerprint density at radius 3 is 1.90 bits per heavy atom. The number of carbonyl (C=O) groups is 4. The van der Waals surface area contributed by atoms with E-state index in [0.717, 1.165) is 5.56 Å². The average Bonchev–Trinajstić information content (AvgIpc) is 3.03. The zero-order valence-corrected chi connectivity index (χ0v) is 29.7. The first-order valence-electron chi connectivity index (χ1n) is 15.9. The highest BCUT2D eigenvalue weighted by Crippen LogP contribution is 2.36. The Labute approximate surface area is 292 Å². The first-order chi connectivity index (χ1) is 23.5. The van der Waals surface area contributed by atoms with Crippen molar-refractivity contribution in [3.63, 3.8) is 0 Å². The summed E-state index contributed by atoms with van der Waals surface area (Å²) < 4.78 is 48.9. The van der Waals surface area contributed by atoms with Crippen LogP contribution in [-0.4, -0.2) is 113 Å². The third-order valence-electron chi connectivity index (χ3n) is 6.98. The molecule has 1 aromatic heterocycles. The number of hydrogen-bond donors (Lipinski definition) is 5. The number of sulfonamides is 1. The van der Waals surface area contributed by atoms with Gasteiger partial charge in [-0.15, -0.1) is 0 Å². The number of nitrogens with one attached hydrogen (secondary N) is 3. The minimum absolute atomic E-state index is 0.0308. The first-order valence-corrected chi connectivity index (χ1v) is 17.4. The summed E-state index contributed by atoms with van der Waals surface area (Å²) in [6, 6.07) is 9.19. The molecule has 1 aromatic carbocycles. The molecule has 278 valence electrons. The quantitative estimate of drug-likeness (QED) is 0.0924. The molecule has 50 heavy (non-hydrogen) atoms. The zero-order chi connectivity index (χ0) is 37.2. The van der Waals surface area contributed by atoms with Gasteiger partial charge >= 0.3 is 11.9 Å². The van der Waals surface area contributed by atoms with Crippen molar-refractivity contribution >= 4 is 39.6 Å². The molecule has 0 bridgehead atoms. The number of benzene rings is 1. The Balaban J connectivity index is 1.64. The van der Waals surface area contributed by atoms with Crippen LogP contribution in [0, 0.1) is 10.8 Å². The summed E-state index contributed by atoms with van der Waals surface area (Å²) in [6.07, 6.45) is 2.27. The molecule has 0 aliphatic rings. The van der Waals surface area contributed by atoms with Crippen LogP contribution in [0.2, 0.25) is 0 Å². The number of carboxylic acids is 2. The summed E-state index contributed by atoms with van der Waals surface area (Å²) in [5.74, 6) is -2.65. The number of amides is 2. The molecule has 0 aliphatic carbocycles. The van der Waals surface area contributed by atoms with Gasteiger partial charge in [-0.3, -0.25) is 19.1 Å². The van der Waals surface area contributed by atoms with Crippen molar-refractivity contribution < 1.29 is 56.8 Å². The predicted octanol–water partition coefficient (Wildman–Crippen LogP) is 1.95. The fraction of sp³-hybridized carbons (Fsp3) is 0.545. The van der Waals surface area contributed by atoms with E-state index in [2.05, 4.69) is 20.3 Å². The lowest BCUT2D eigenvalue weighted by Gasteiger charge is -2.32. The van der Waals surface area contributed by atoms with E-state index in [1.54, 1.807) is 26.0 Å². The molecule has 0 unspecified atom stereocenters. The topological polar surface area (TPSA) is 229 Å². The molecule has 0 saturated heterocycles. The van der Waals surface area contributed by atoms with Gasteiger partial charge in [-0.25, -0.2) is 18.2 Å². The number of ether oxygens (including phenoxy) is 4. The van der Waals surface area contributed by atoms with Gasteiger partial charge in [0.1, 0.15) is 19.0 Å². The van der Waals surface area contributed by atoms with Gasteiger partial charge in [-0.1, -0.05) is 26.0 Å². The number of pyridine rings is 1. The van der Waals surface area contributed by atoms with Gasteiger partial charge in [0.15, 0.2) is 0 Å². The van der Waals surface area contributed by atoms with Crippen LogP contribution < -0.4 is 15.4 Å². The molecule has 0 aliphatic heterocycles. The van der Waals surface area contributed by atoms with Crippen LogP contribution in [0.15, 0.2) is 47.5 Å². The highest BCUT2D eigenvalue weighted by atomic mass is 32.2. The predicted molar refractivity (Wildman–Crippen MR) is 181 cm³/mol. The number of carboxylic acid groups (broad SMARTS) is 2. The maximum atomic E-state index is 12.9. The van der Waals surface area contributed by atoms with Crippen molar-refractivity contribution in [2.45, 2.75) is 45.4 Å². The number of aliphatic carboxylic acids is 2. The van der Waals surface area contributed by atoms with Crippen LogP contribution in [0.4, 0.5) is 5.82 Å². The second-order valence-electron chi connectivity index (χ2n) is 12.7. The highest BCUT2D eigenvalue weighted by Gasteiger charge is 2.34. The fourth-order valence-electron chi connectivity index (χ4n) is 4.88. The third-order valence-corrected chi connectivity index (χ3v) is 8.35. The number of carbonyl (C=O) groups excluding carboxylic acids is 2. The molecule has 0 spiro atoms. The molecular formula is C33H48N4O12S.